The Morgan fingerprint density at radius 1 is 1.06 bits per heavy atom. The van der Waals surface area contributed by atoms with Crippen molar-refractivity contribution in [3.05, 3.63) is 65.5 Å². The van der Waals surface area contributed by atoms with Crippen molar-refractivity contribution in [3.8, 4) is 0 Å². The molecule has 6 nitrogen and oxygen atoms in total. The van der Waals surface area contributed by atoms with E-state index in [0.29, 0.717) is 12.1 Å². The molecule has 5 rings (SSSR count). The number of pyridine rings is 2. The molecule has 0 saturated carbocycles. The fourth-order valence-corrected chi connectivity index (χ4v) is 5.53. The number of aryl methyl sites for hydroxylation is 1. The van der Waals surface area contributed by atoms with Gasteiger partial charge in [0.2, 0.25) is 0 Å². The highest BCUT2D eigenvalue weighted by Gasteiger charge is 2.24. The lowest BCUT2D eigenvalue weighted by Gasteiger charge is -2.36. The van der Waals surface area contributed by atoms with E-state index in [9.17, 15) is 4.79 Å². The van der Waals surface area contributed by atoms with Crippen molar-refractivity contribution in [2.24, 2.45) is 5.92 Å². The Morgan fingerprint density at radius 2 is 1.86 bits per heavy atom. The fraction of sp³-hybridized carbons (Fsp3) is 0.483. The maximum Gasteiger partial charge on any atom is 0.252 e. The zero-order valence-corrected chi connectivity index (χ0v) is 20.9. The standard InChI is InChI=1S/C29H37N5O/c1-22-9-13-30-20-24(22)10-14-31-29(35)26-19-28(32-27-8-4-3-7-25(26)27)34-17-11-23(12-18-34)21-33-15-5-2-6-16-33/h3-4,7-9,13,19-20,23H,2,5-6,10-12,14-18,21H2,1H3,(H,31,35). The highest BCUT2D eigenvalue weighted by Crippen LogP contribution is 2.27. The van der Waals surface area contributed by atoms with Crippen LogP contribution >= 0.6 is 0 Å². The third-order valence-electron chi connectivity index (χ3n) is 7.68. The number of fused-ring (bicyclic) bond motifs is 1. The summed E-state index contributed by atoms with van der Waals surface area (Å²) in [6, 6.07) is 12.0. The van der Waals surface area contributed by atoms with Crippen LogP contribution < -0.4 is 10.2 Å². The van der Waals surface area contributed by atoms with E-state index in [1.165, 1.54) is 62.9 Å². The van der Waals surface area contributed by atoms with Crippen LogP contribution in [0, 0.1) is 12.8 Å². The van der Waals surface area contributed by atoms with E-state index < -0.39 is 0 Å². The van der Waals surface area contributed by atoms with Gasteiger partial charge in [-0.15, -0.1) is 0 Å². The zero-order valence-electron chi connectivity index (χ0n) is 20.9. The van der Waals surface area contributed by atoms with E-state index in [4.69, 9.17) is 4.98 Å². The summed E-state index contributed by atoms with van der Waals surface area (Å²) in [6.07, 6.45) is 10.9. The quantitative estimate of drug-likeness (QED) is 0.545. The van der Waals surface area contributed by atoms with Gasteiger partial charge < -0.3 is 15.1 Å². The second-order valence-electron chi connectivity index (χ2n) is 10.1. The van der Waals surface area contributed by atoms with E-state index in [0.717, 1.165) is 42.1 Å². The normalized spacial score (nSPS) is 17.6. The number of nitrogens with one attached hydrogen (secondary N) is 1. The first-order valence-electron chi connectivity index (χ1n) is 13.2. The van der Waals surface area contributed by atoms with Gasteiger partial charge in [-0.2, -0.15) is 0 Å². The van der Waals surface area contributed by atoms with Gasteiger partial charge in [-0.25, -0.2) is 4.98 Å². The molecule has 2 aromatic heterocycles. The molecule has 0 spiro atoms. The number of carbonyl (C=O) groups excluding carboxylic acids is 1. The molecule has 4 heterocycles. The lowest BCUT2D eigenvalue weighted by atomic mass is 9.95. The maximum absolute atomic E-state index is 13.3. The highest BCUT2D eigenvalue weighted by molar-refractivity contribution is 6.07. The molecule has 0 aliphatic carbocycles. The molecule has 0 unspecified atom stereocenters. The SMILES string of the molecule is Cc1ccncc1CCNC(=O)c1cc(N2CCC(CN3CCCCC3)CC2)nc2ccccc12. The van der Waals surface area contributed by atoms with E-state index in [1.807, 2.05) is 42.6 Å². The molecule has 1 aromatic carbocycles. The van der Waals surface area contributed by atoms with Crippen LogP contribution in [-0.4, -0.2) is 60.0 Å². The number of rotatable bonds is 7. The predicted molar refractivity (Wildman–Crippen MR) is 142 cm³/mol. The minimum atomic E-state index is -0.0358. The van der Waals surface area contributed by atoms with Crippen molar-refractivity contribution >= 4 is 22.6 Å². The van der Waals surface area contributed by atoms with Crippen LogP contribution in [0.15, 0.2) is 48.8 Å². The summed E-state index contributed by atoms with van der Waals surface area (Å²) in [5, 5.41) is 4.04. The number of hydrogen-bond donors (Lipinski definition) is 1. The van der Waals surface area contributed by atoms with Crippen molar-refractivity contribution < 1.29 is 4.79 Å². The van der Waals surface area contributed by atoms with Gasteiger partial charge in [0.15, 0.2) is 0 Å². The lowest BCUT2D eigenvalue weighted by molar-refractivity contribution is 0.0955. The third-order valence-corrected chi connectivity index (χ3v) is 7.68. The Balaban J connectivity index is 1.26. The number of nitrogens with zero attached hydrogens (tertiary/aromatic N) is 4. The van der Waals surface area contributed by atoms with Crippen LogP contribution in [0.25, 0.3) is 10.9 Å². The Kier molecular flexibility index (Phi) is 7.57. The van der Waals surface area contributed by atoms with Gasteiger partial charge in [0.1, 0.15) is 5.82 Å². The number of hydrogen-bond acceptors (Lipinski definition) is 5. The molecular formula is C29H37N5O. The van der Waals surface area contributed by atoms with Crippen LogP contribution in [0.1, 0.15) is 53.6 Å². The van der Waals surface area contributed by atoms with E-state index >= 15 is 0 Å². The van der Waals surface area contributed by atoms with Crippen molar-refractivity contribution in [2.75, 3.05) is 44.2 Å². The van der Waals surface area contributed by atoms with E-state index in [2.05, 4.69) is 27.0 Å². The first-order chi connectivity index (χ1) is 17.2. The molecular weight excluding hydrogens is 434 g/mol. The molecule has 2 fully saturated rings. The van der Waals surface area contributed by atoms with Gasteiger partial charge >= 0.3 is 0 Å². The number of piperidine rings is 2. The fourth-order valence-electron chi connectivity index (χ4n) is 5.53. The van der Waals surface area contributed by atoms with Gasteiger partial charge in [0, 0.05) is 44.0 Å². The Hall–Kier alpha value is -2.99. The monoisotopic (exact) mass is 471 g/mol. The van der Waals surface area contributed by atoms with Crippen LogP contribution in [0.4, 0.5) is 5.82 Å². The average molecular weight is 472 g/mol. The summed E-state index contributed by atoms with van der Waals surface area (Å²) in [7, 11) is 0. The summed E-state index contributed by atoms with van der Waals surface area (Å²) in [6.45, 7) is 8.45. The molecule has 2 aliphatic rings. The first kappa shape index (κ1) is 23.7. The molecule has 184 valence electrons. The second kappa shape index (κ2) is 11.2. The smallest absolute Gasteiger partial charge is 0.252 e. The number of benzene rings is 1. The van der Waals surface area contributed by atoms with Crippen LogP contribution in [0.3, 0.4) is 0 Å². The van der Waals surface area contributed by atoms with Gasteiger partial charge in [-0.05, 0) is 87.4 Å². The topological polar surface area (TPSA) is 61.4 Å². The average Bonchev–Trinajstić information content (AvgIpc) is 2.90. The number of para-hydroxylation sites is 1. The van der Waals surface area contributed by atoms with Crippen LogP contribution in [0.5, 0.6) is 0 Å². The summed E-state index contributed by atoms with van der Waals surface area (Å²) in [5.74, 6) is 1.66. The minimum Gasteiger partial charge on any atom is -0.357 e. The summed E-state index contributed by atoms with van der Waals surface area (Å²) in [5.41, 5.74) is 3.97. The van der Waals surface area contributed by atoms with Crippen LogP contribution in [-0.2, 0) is 6.42 Å². The number of likely N-dealkylation sites (tertiary alicyclic amines) is 1. The zero-order chi connectivity index (χ0) is 24.0. The van der Waals surface area contributed by atoms with Gasteiger partial charge in [-0.1, -0.05) is 24.6 Å². The van der Waals surface area contributed by atoms with Gasteiger partial charge in [0.05, 0.1) is 11.1 Å². The predicted octanol–water partition coefficient (Wildman–Crippen LogP) is 4.61. The number of amides is 1. The summed E-state index contributed by atoms with van der Waals surface area (Å²) < 4.78 is 0. The summed E-state index contributed by atoms with van der Waals surface area (Å²) >= 11 is 0. The molecule has 1 N–H and O–H groups in total. The van der Waals surface area contributed by atoms with Crippen molar-refractivity contribution in [3.63, 3.8) is 0 Å². The Morgan fingerprint density at radius 3 is 2.66 bits per heavy atom. The highest BCUT2D eigenvalue weighted by atomic mass is 16.1. The number of anilines is 1. The van der Waals surface area contributed by atoms with Crippen molar-refractivity contribution in [1.82, 2.24) is 20.2 Å². The molecule has 2 saturated heterocycles. The lowest BCUT2D eigenvalue weighted by Crippen LogP contribution is -2.40. The number of aromatic nitrogens is 2. The Labute approximate surface area is 208 Å². The summed E-state index contributed by atoms with van der Waals surface area (Å²) in [4.78, 5) is 27.5. The molecule has 0 bridgehead atoms. The molecule has 2 aliphatic heterocycles. The van der Waals surface area contributed by atoms with Crippen LogP contribution in [0.2, 0.25) is 0 Å². The molecule has 1 amide bonds. The molecule has 35 heavy (non-hydrogen) atoms. The van der Waals surface area contributed by atoms with Gasteiger partial charge in [0.25, 0.3) is 5.91 Å². The molecule has 3 aromatic rings. The van der Waals surface area contributed by atoms with Crippen molar-refractivity contribution in [2.45, 2.75) is 45.4 Å². The molecule has 6 heteroatoms. The first-order valence-corrected chi connectivity index (χ1v) is 13.2. The largest absolute Gasteiger partial charge is 0.357 e. The Bertz CT molecular complexity index is 1150. The molecule has 0 atom stereocenters. The second-order valence-corrected chi connectivity index (χ2v) is 10.1. The molecule has 0 radical (unpaired) electrons. The van der Waals surface area contributed by atoms with E-state index in [1.54, 1.807) is 6.20 Å². The van der Waals surface area contributed by atoms with Crippen molar-refractivity contribution in [1.29, 1.82) is 0 Å². The van der Waals surface area contributed by atoms with E-state index in [-0.39, 0.29) is 5.91 Å². The third kappa shape index (κ3) is 5.81. The van der Waals surface area contributed by atoms with Gasteiger partial charge in [-0.3, -0.25) is 9.78 Å². The minimum absolute atomic E-state index is 0.0358. The maximum atomic E-state index is 13.3. The number of carbonyl (C=O) groups is 1.